The molecular formula is C28H26Cl2N4OS. The predicted octanol–water partition coefficient (Wildman–Crippen LogP) is 6.80. The first kappa shape index (κ1) is 25.8. The van der Waals surface area contributed by atoms with Gasteiger partial charge >= 0.3 is 0 Å². The minimum absolute atomic E-state index is 0. The number of hydrogen-bond acceptors (Lipinski definition) is 4. The number of nitrogens with zero attached hydrogens (tertiary/aromatic N) is 3. The normalized spacial score (nSPS) is 12.9. The molecular weight excluding hydrogens is 511 g/mol. The van der Waals surface area contributed by atoms with Crippen LogP contribution in [-0.4, -0.2) is 33.9 Å². The van der Waals surface area contributed by atoms with Gasteiger partial charge in [0, 0.05) is 36.2 Å². The SMILES string of the molecule is Cl.Cl.O=C(c1cc2ccccc2s1)N1CCN(Cc2cnc[nH]2)c2ccc(-c3ccccc3)cc2C1. The zero-order valence-corrected chi connectivity index (χ0v) is 21.9. The molecule has 3 aromatic carbocycles. The standard InChI is InChI=1S/C28H24N4OS.2ClH/c33-28(27-15-22-8-4-5-9-26(22)34-27)32-13-12-31(18-24-16-29-19-30-24)25-11-10-21(14-23(25)17-32)20-6-2-1-3-7-20;;/h1-11,14-16,19H,12-13,17-18H2,(H,29,30);2*1H. The van der Waals surface area contributed by atoms with E-state index < -0.39 is 0 Å². The Morgan fingerprint density at radius 2 is 1.72 bits per heavy atom. The quantitative estimate of drug-likeness (QED) is 0.275. The first-order valence-electron chi connectivity index (χ1n) is 11.4. The first-order valence-corrected chi connectivity index (χ1v) is 12.2. The number of benzene rings is 3. The summed E-state index contributed by atoms with van der Waals surface area (Å²) in [5.41, 5.74) is 5.73. The zero-order valence-electron chi connectivity index (χ0n) is 19.5. The number of nitrogens with one attached hydrogen (secondary N) is 1. The summed E-state index contributed by atoms with van der Waals surface area (Å²) in [6.45, 7) is 2.73. The van der Waals surface area contributed by atoms with Crippen LogP contribution < -0.4 is 4.90 Å². The van der Waals surface area contributed by atoms with E-state index in [0.29, 0.717) is 13.1 Å². The molecule has 0 fully saturated rings. The molecule has 5 aromatic rings. The summed E-state index contributed by atoms with van der Waals surface area (Å²) in [6.07, 6.45) is 3.58. The van der Waals surface area contributed by atoms with Gasteiger partial charge in [0.05, 0.1) is 23.4 Å². The summed E-state index contributed by atoms with van der Waals surface area (Å²) >= 11 is 1.57. The second-order valence-electron chi connectivity index (χ2n) is 8.58. The number of rotatable bonds is 4. The summed E-state index contributed by atoms with van der Waals surface area (Å²) < 4.78 is 1.15. The molecule has 184 valence electrons. The summed E-state index contributed by atoms with van der Waals surface area (Å²) in [7, 11) is 0. The Labute approximate surface area is 226 Å². The third-order valence-electron chi connectivity index (χ3n) is 6.37. The maximum absolute atomic E-state index is 13.6. The highest BCUT2D eigenvalue weighted by molar-refractivity contribution is 7.20. The van der Waals surface area contributed by atoms with E-state index in [1.54, 1.807) is 17.7 Å². The van der Waals surface area contributed by atoms with Gasteiger partial charge in [0.15, 0.2) is 0 Å². The van der Waals surface area contributed by atoms with Crippen LogP contribution in [0.25, 0.3) is 21.2 Å². The maximum Gasteiger partial charge on any atom is 0.264 e. The lowest BCUT2D eigenvalue weighted by molar-refractivity contribution is 0.0756. The Bertz CT molecular complexity index is 1420. The monoisotopic (exact) mass is 536 g/mol. The van der Waals surface area contributed by atoms with Gasteiger partial charge in [-0.05, 0) is 46.3 Å². The minimum atomic E-state index is 0. The van der Waals surface area contributed by atoms with Gasteiger partial charge in [0.1, 0.15) is 0 Å². The Balaban J connectivity index is 0.00000152. The highest BCUT2D eigenvalue weighted by Gasteiger charge is 2.25. The smallest absolute Gasteiger partial charge is 0.264 e. The molecule has 3 heterocycles. The highest BCUT2D eigenvalue weighted by Crippen LogP contribution is 2.33. The zero-order chi connectivity index (χ0) is 22.9. The topological polar surface area (TPSA) is 52.2 Å². The molecule has 1 N–H and O–H groups in total. The number of carbonyl (C=O) groups is 1. The molecule has 2 aromatic heterocycles. The maximum atomic E-state index is 13.6. The fourth-order valence-corrected chi connectivity index (χ4v) is 5.67. The molecule has 1 aliphatic heterocycles. The molecule has 0 radical (unpaired) electrons. The molecule has 0 atom stereocenters. The molecule has 0 aliphatic carbocycles. The molecule has 8 heteroatoms. The molecule has 0 bridgehead atoms. The Kier molecular flexibility index (Phi) is 7.99. The van der Waals surface area contributed by atoms with Crippen molar-refractivity contribution in [1.82, 2.24) is 14.9 Å². The van der Waals surface area contributed by atoms with Crippen molar-refractivity contribution in [2.45, 2.75) is 13.1 Å². The predicted molar refractivity (Wildman–Crippen MR) is 153 cm³/mol. The molecule has 6 rings (SSSR count). The average Bonchev–Trinajstić information content (AvgIpc) is 3.52. The van der Waals surface area contributed by atoms with E-state index in [-0.39, 0.29) is 30.7 Å². The number of imidazole rings is 1. The summed E-state index contributed by atoms with van der Waals surface area (Å²) in [5.74, 6) is 0.0978. The number of carbonyl (C=O) groups excluding carboxylic acids is 1. The second-order valence-corrected chi connectivity index (χ2v) is 9.67. The molecule has 0 unspecified atom stereocenters. The van der Waals surface area contributed by atoms with E-state index in [4.69, 9.17) is 0 Å². The van der Waals surface area contributed by atoms with E-state index in [1.165, 1.54) is 11.3 Å². The number of anilines is 1. The number of amides is 1. The van der Waals surface area contributed by atoms with Crippen molar-refractivity contribution >= 4 is 57.8 Å². The van der Waals surface area contributed by atoms with Gasteiger partial charge in [-0.1, -0.05) is 54.6 Å². The van der Waals surface area contributed by atoms with Gasteiger partial charge in [-0.2, -0.15) is 0 Å². The number of fused-ring (bicyclic) bond motifs is 2. The Morgan fingerprint density at radius 1 is 0.917 bits per heavy atom. The second kappa shape index (κ2) is 11.2. The van der Waals surface area contributed by atoms with Crippen LogP contribution >= 0.6 is 36.2 Å². The first-order chi connectivity index (χ1) is 16.7. The van der Waals surface area contributed by atoms with E-state index in [0.717, 1.165) is 44.9 Å². The molecule has 0 saturated carbocycles. The van der Waals surface area contributed by atoms with Gasteiger partial charge in [0.2, 0.25) is 0 Å². The van der Waals surface area contributed by atoms with Gasteiger partial charge in [-0.15, -0.1) is 36.2 Å². The highest BCUT2D eigenvalue weighted by atomic mass is 35.5. The number of hydrogen-bond donors (Lipinski definition) is 1. The van der Waals surface area contributed by atoms with Gasteiger partial charge in [-0.3, -0.25) is 4.79 Å². The third-order valence-corrected chi connectivity index (χ3v) is 7.47. The number of H-pyrrole nitrogens is 1. The van der Waals surface area contributed by atoms with Crippen molar-refractivity contribution < 1.29 is 4.79 Å². The van der Waals surface area contributed by atoms with Gasteiger partial charge in [-0.25, -0.2) is 4.98 Å². The average molecular weight is 538 g/mol. The number of halogens is 2. The van der Waals surface area contributed by atoms with Crippen LogP contribution in [0.1, 0.15) is 20.9 Å². The van der Waals surface area contributed by atoms with Crippen LogP contribution in [0.15, 0.2) is 91.4 Å². The number of aromatic amines is 1. The van der Waals surface area contributed by atoms with E-state index in [2.05, 4.69) is 69.5 Å². The molecule has 5 nitrogen and oxygen atoms in total. The lowest BCUT2D eigenvalue weighted by atomic mass is 10.0. The van der Waals surface area contributed by atoms with E-state index in [9.17, 15) is 4.79 Å². The van der Waals surface area contributed by atoms with Crippen molar-refractivity contribution in [2.75, 3.05) is 18.0 Å². The van der Waals surface area contributed by atoms with Gasteiger partial charge in [0.25, 0.3) is 5.91 Å². The summed E-state index contributed by atoms with van der Waals surface area (Å²) in [5, 5.41) is 1.12. The number of thiophene rings is 1. The fourth-order valence-electron chi connectivity index (χ4n) is 4.63. The van der Waals surface area contributed by atoms with Crippen LogP contribution in [0.5, 0.6) is 0 Å². The van der Waals surface area contributed by atoms with Gasteiger partial charge < -0.3 is 14.8 Å². The fraction of sp³-hybridized carbons (Fsp3) is 0.143. The van der Waals surface area contributed by atoms with Crippen LogP contribution in [0.4, 0.5) is 5.69 Å². The lowest BCUT2D eigenvalue weighted by Gasteiger charge is -2.24. The summed E-state index contributed by atoms with van der Waals surface area (Å²) in [4.78, 5) is 26.1. The molecule has 0 saturated heterocycles. The molecule has 1 amide bonds. The largest absolute Gasteiger partial charge is 0.364 e. The van der Waals surface area contributed by atoms with Crippen molar-refractivity contribution in [3.8, 4) is 11.1 Å². The van der Waals surface area contributed by atoms with Crippen LogP contribution in [-0.2, 0) is 13.1 Å². The Hall–Kier alpha value is -3.32. The molecule has 0 spiro atoms. The van der Waals surface area contributed by atoms with Crippen LogP contribution in [0.2, 0.25) is 0 Å². The third kappa shape index (κ3) is 5.12. The Morgan fingerprint density at radius 3 is 2.50 bits per heavy atom. The van der Waals surface area contributed by atoms with Crippen molar-refractivity contribution in [1.29, 1.82) is 0 Å². The summed E-state index contributed by atoms with van der Waals surface area (Å²) in [6, 6.07) is 27.2. The van der Waals surface area contributed by atoms with E-state index in [1.807, 2.05) is 35.4 Å². The van der Waals surface area contributed by atoms with Crippen LogP contribution in [0.3, 0.4) is 0 Å². The van der Waals surface area contributed by atoms with E-state index >= 15 is 0 Å². The molecule has 36 heavy (non-hydrogen) atoms. The van der Waals surface area contributed by atoms with Crippen molar-refractivity contribution in [2.24, 2.45) is 0 Å². The number of aromatic nitrogens is 2. The lowest BCUT2D eigenvalue weighted by Crippen LogP contribution is -2.35. The van der Waals surface area contributed by atoms with Crippen LogP contribution in [0, 0.1) is 0 Å². The van der Waals surface area contributed by atoms with Crippen molar-refractivity contribution in [3.63, 3.8) is 0 Å². The van der Waals surface area contributed by atoms with Crippen molar-refractivity contribution in [3.05, 3.63) is 108 Å². The minimum Gasteiger partial charge on any atom is -0.364 e. The molecule has 1 aliphatic rings.